The van der Waals surface area contributed by atoms with Crippen molar-refractivity contribution in [1.82, 2.24) is 0 Å². The number of anilines is 1. The van der Waals surface area contributed by atoms with Gasteiger partial charge in [-0.25, -0.2) is 0 Å². The van der Waals surface area contributed by atoms with Gasteiger partial charge in [0.1, 0.15) is 0 Å². The van der Waals surface area contributed by atoms with Crippen LogP contribution in [0.25, 0.3) is 0 Å². The van der Waals surface area contributed by atoms with Crippen LogP contribution in [0.15, 0.2) is 36.9 Å². The van der Waals surface area contributed by atoms with Crippen LogP contribution in [0.1, 0.15) is 18.4 Å². The van der Waals surface area contributed by atoms with Gasteiger partial charge in [-0.05, 0) is 24.1 Å². The fraction of sp³-hybridized carbons (Fsp3) is 0.231. The molecule has 1 amide bonds. The number of carboxylic acid groups (broad SMARTS) is 1. The van der Waals surface area contributed by atoms with Crippen LogP contribution in [-0.4, -0.2) is 17.0 Å². The number of aliphatic carboxylic acids is 1. The van der Waals surface area contributed by atoms with E-state index in [9.17, 15) is 9.59 Å². The Morgan fingerprint density at radius 3 is 2.82 bits per heavy atom. The monoisotopic (exact) mass is 233 g/mol. The first-order chi connectivity index (χ1) is 8.11. The molecule has 2 N–H and O–H groups in total. The first-order valence-corrected chi connectivity index (χ1v) is 5.33. The van der Waals surface area contributed by atoms with E-state index in [1.165, 1.54) is 0 Å². The molecular formula is C13H15NO3. The average molecular weight is 233 g/mol. The highest BCUT2D eigenvalue weighted by Crippen LogP contribution is 2.11. The number of carbonyl (C=O) groups is 2. The Morgan fingerprint density at radius 2 is 2.18 bits per heavy atom. The summed E-state index contributed by atoms with van der Waals surface area (Å²) in [4.78, 5) is 22.0. The topological polar surface area (TPSA) is 66.4 Å². The van der Waals surface area contributed by atoms with Gasteiger partial charge in [0.15, 0.2) is 0 Å². The fourth-order valence-corrected chi connectivity index (χ4v) is 1.39. The van der Waals surface area contributed by atoms with E-state index in [4.69, 9.17) is 5.11 Å². The molecule has 1 aromatic carbocycles. The smallest absolute Gasteiger partial charge is 0.307 e. The van der Waals surface area contributed by atoms with E-state index < -0.39 is 5.97 Å². The van der Waals surface area contributed by atoms with Gasteiger partial charge in [0, 0.05) is 12.1 Å². The van der Waals surface area contributed by atoms with Gasteiger partial charge in [-0.3, -0.25) is 9.59 Å². The molecule has 0 aliphatic heterocycles. The van der Waals surface area contributed by atoms with Crippen molar-refractivity contribution in [2.75, 3.05) is 5.32 Å². The van der Waals surface area contributed by atoms with Crippen LogP contribution in [0.4, 0.5) is 5.69 Å². The molecule has 0 atom stereocenters. The Balaban J connectivity index is 2.61. The Hall–Kier alpha value is -2.10. The van der Waals surface area contributed by atoms with Gasteiger partial charge >= 0.3 is 5.97 Å². The molecule has 17 heavy (non-hydrogen) atoms. The summed E-state index contributed by atoms with van der Waals surface area (Å²) in [6.07, 6.45) is 2.64. The molecule has 90 valence electrons. The van der Waals surface area contributed by atoms with Crippen molar-refractivity contribution in [3.63, 3.8) is 0 Å². The van der Waals surface area contributed by atoms with Gasteiger partial charge in [-0.1, -0.05) is 18.2 Å². The minimum absolute atomic E-state index is 0.0453. The highest BCUT2D eigenvalue weighted by Gasteiger charge is 2.04. The van der Waals surface area contributed by atoms with Crippen LogP contribution in [-0.2, 0) is 16.0 Å². The van der Waals surface area contributed by atoms with Gasteiger partial charge < -0.3 is 10.4 Å². The Morgan fingerprint density at radius 1 is 1.41 bits per heavy atom. The maximum absolute atomic E-state index is 11.4. The van der Waals surface area contributed by atoms with Crippen molar-refractivity contribution in [2.45, 2.75) is 19.3 Å². The summed E-state index contributed by atoms with van der Waals surface area (Å²) < 4.78 is 0. The lowest BCUT2D eigenvalue weighted by molar-refractivity contribution is -0.136. The quantitative estimate of drug-likeness (QED) is 0.740. The summed E-state index contributed by atoms with van der Waals surface area (Å²) in [5, 5.41) is 11.4. The number of allylic oxidation sites excluding steroid dienone is 1. The van der Waals surface area contributed by atoms with Crippen LogP contribution < -0.4 is 5.32 Å². The third-order valence-electron chi connectivity index (χ3n) is 2.14. The number of amides is 1. The molecule has 0 saturated heterocycles. The summed E-state index contributed by atoms with van der Waals surface area (Å²) in [5.41, 5.74) is 1.29. The highest BCUT2D eigenvalue weighted by molar-refractivity contribution is 5.90. The van der Waals surface area contributed by atoms with Crippen molar-refractivity contribution < 1.29 is 14.7 Å². The van der Waals surface area contributed by atoms with Gasteiger partial charge in [0.05, 0.1) is 6.42 Å². The van der Waals surface area contributed by atoms with Crippen molar-refractivity contribution in [1.29, 1.82) is 0 Å². The van der Waals surface area contributed by atoms with Crippen LogP contribution in [0.3, 0.4) is 0 Å². The number of nitrogens with one attached hydrogen (secondary N) is 1. The molecular weight excluding hydrogens is 218 g/mol. The third-order valence-corrected chi connectivity index (χ3v) is 2.14. The Bertz CT molecular complexity index is 426. The third kappa shape index (κ3) is 4.97. The second kappa shape index (κ2) is 6.48. The standard InChI is InChI=1S/C13H15NO3/c1-2-3-7-12(15)14-11-6-4-5-10(8-11)9-13(16)17/h2,4-6,8H,1,3,7,9H2,(H,14,15)(H,16,17). The van der Waals surface area contributed by atoms with Crippen molar-refractivity contribution >= 4 is 17.6 Å². The summed E-state index contributed by atoms with van der Waals surface area (Å²) in [6, 6.07) is 6.84. The molecule has 0 unspecified atom stereocenters. The van der Waals surface area contributed by atoms with E-state index in [-0.39, 0.29) is 12.3 Å². The van der Waals surface area contributed by atoms with E-state index in [0.717, 1.165) is 0 Å². The molecule has 0 aromatic heterocycles. The first-order valence-electron chi connectivity index (χ1n) is 5.33. The summed E-state index contributed by atoms with van der Waals surface area (Å²) in [5.74, 6) is -0.988. The van der Waals surface area contributed by atoms with E-state index in [2.05, 4.69) is 11.9 Å². The van der Waals surface area contributed by atoms with Crippen molar-refractivity contribution in [2.24, 2.45) is 0 Å². The predicted molar refractivity (Wildman–Crippen MR) is 65.8 cm³/mol. The zero-order valence-corrected chi connectivity index (χ0v) is 9.48. The molecule has 0 aliphatic rings. The maximum Gasteiger partial charge on any atom is 0.307 e. The fourth-order valence-electron chi connectivity index (χ4n) is 1.39. The summed E-state index contributed by atoms with van der Waals surface area (Å²) in [7, 11) is 0. The van der Waals surface area contributed by atoms with Gasteiger partial charge in [0.25, 0.3) is 0 Å². The van der Waals surface area contributed by atoms with E-state index in [0.29, 0.717) is 24.1 Å². The second-order valence-corrected chi connectivity index (χ2v) is 3.65. The lowest BCUT2D eigenvalue weighted by Crippen LogP contribution is -2.11. The van der Waals surface area contributed by atoms with E-state index >= 15 is 0 Å². The number of hydrogen-bond donors (Lipinski definition) is 2. The number of carboxylic acids is 1. The summed E-state index contributed by atoms with van der Waals surface area (Å²) in [6.45, 7) is 3.54. The molecule has 1 aromatic rings. The minimum atomic E-state index is -0.889. The molecule has 0 radical (unpaired) electrons. The number of carbonyl (C=O) groups excluding carboxylic acids is 1. The minimum Gasteiger partial charge on any atom is -0.481 e. The van der Waals surface area contributed by atoms with Gasteiger partial charge in [0.2, 0.25) is 5.91 Å². The molecule has 4 heteroatoms. The number of hydrogen-bond acceptors (Lipinski definition) is 2. The maximum atomic E-state index is 11.4. The Kier molecular flexibility index (Phi) is 4.94. The molecule has 0 saturated carbocycles. The lowest BCUT2D eigenvalue weighted by Gasteiger charge is -2.05. The van der Waals surface area contributed by atoms with Gasteiger partial charge in [-0.2, -0.15) is 0 Å². The molecule has 0 bridgehead atoms. The normalized spacial score (nSPS) is 9.65. The van der Waals surface area contributed by atoms with E-state index in [1.54, 1.807) is 30.3 Å². The van der Waals surface area contributed by atoms with Crippen LogP contribution in [0.5, 0.6) is 0 Å². The second-order valence-electron chi connectivity index (χ2n) is 3.65. The molecule has 0 spiro atoms. The van der Waals surface area contributed by atoms with Crippen molar-refractivity contribution in [3.05, 3.63) is 42.5 Å². The largest absolute Gasteiger partial charge is 0.481 e. The zero-order valence-electron chi connectivity index (χ0n) is 9.48. The van der Waals surface area contributed by atoms with Gasteiger partial charge in [-0.15, -0.1) is 6.58 Å². The SMILES string of the molecule is C=CCCC(=O)Nc1cccc(CC(=O)O)c1. The lowest BCUT2D eigenvalue weighted by atomic mass is 10.1. The molecule has 0 heterocycles. The molecule has 1 rings (SSSR count). The summed E-state index contributed by atoms with van der Waals surface area (Å²) >= 11 is 0. The van der Waals surface area contributed by atoms with Crippen LogP contribution >= 0.6 is 0 Å². The molecule has 0 aliphatic carbocycles. The average Bonchev–Trinajstić information content (AvgIpc) is 2.26. The number of rotatable bonds is 6. The predicted octanol–water partition coefficient (Wildman–Crippen LogP) is 2.22. The Labute approximate surface area is 100.0 Å². The highest BCUT2D eigenvalue weighted by atomic mass is 16.4. The zero-order chi connectivity index (χ0) is 12.7. The molecule has 0 fully saturated rings. The van der Waals surface area contributed by atoms with Crippen LogP contribution in [0, 0.1) is 0 Å². The number of benzene rings is 1. The first kappa shape index (κ1) is 13.0. The van der Waals surface area contributed by atoms with E-state index in [1.807, 2.05) is 0 Å². The van der Waals surface area contributed by atoms with Crippen molar-refractivity contribution in [3.8, 4) is 0 Å². The molecule has 4 nitrogen and oxygen atoms in total. The van der Waals surface area contributed by atoms with Crippen LogP contribution in [0.2, 0.25) is 0 Å².